The van der Waals surface area contributed by atoms with Gasteiger partial charge in [0.2, 0.25) is 5.82 Å². The zero-order valence-electron chi connectivity index (χ0n) is 18.8. The zero-order valence-corrected chi connectivity index (χ0v) is 18.8. The third-order valence-corrected chi connectivity index (χ3v) is 6.07. The first-order valence-electron chi connectivity index (χ1n) is 11.3. The van der Waals surface area contributed by atoms with Gasteiger partial charge in [0.25, 0.3) is 5.89 Å². The van der Waals surface area contributed by atoms with Crippen LogP contribution in [0.1, 0.15) is 25.3 Å². The van der Waals surface area contributed by atoms with Gasteiger partial charge in [-0.25, -0.2) is 4.98 Å². The van der Waals surface area contributed by atoms with Crippen molar-refractivity contribution >= 4 is 22.7 Å². The highest BCUT2D eigenvalue weighted by molar-refractivity contribution is 5.94. The van der Waals surface area contributed by atoms with Crippen molar-refractivity contribution in [1.82, 2.24) is 15.1 Å². The number of piperidine rings is 1. The fourth-order valence-corrected chi connectivity index (χ4v) is 4.34. The summed E-state index contributed by atoms with van der Waals surface area (Å²) in [5.41, 5.74) is 3.79. The van der Waals surface area contributed by atoms with Gasteiger partial charge in [-0.1, -0.05) is 47.1 Å². The van der Waals surface area contributed by atoms with Crippen LogP contribution < -0.4 is 4.90 Å². The van der Waals surface area contributed by atoms with E-state index in [1.807, 2.05) is 68.4 Å². The molecule has 0 atom stereocenters. The predicted octanol–water partition coefficient (Wildman–Crippen LogP) is 5.04. The molecule has 7 heteroatoms. The quantitative estimate of drug-likeness (QED) is 0.401. The Hall–Kier alpha value is -3.74. The van der Waals surface area contributed by atoms with Gasteiger partial charge in [-0.2, -0.15) is 4.98 Å². The lowest BCUT2D eigenvalue weighted by Gasteiger charge is -2.32. The van der Waals surface area contributed by atoms with E-state index in [1.54, 1.807) is 0 Å². The summed E-state index contributed by atoms with van der Waals surface area (Å²) in [4.78, 5) is 23.9. The van der Waals surface area contributed by atoms with Gasteiger partial charge in [0.05, 0.1) is 23.6 Å². The number of carbonyl (C=O) groups is 1. The highest BCUT2D eigenvalue weighted by Gasteiger charge is 2.27. The predicted molar refractivity (Wildman–Crippen MR) is 127 cm³/mol. The van der Waals surface area contributed by atoms with Gasteiger partial charge in [0.1, 0.15) is 5.82 Å². The Bertz CT molecular complexity index is 1290. The largest absolute Gasteiger partial charge is 0.466 e. The lowest BCUT2D eigenvalue weighted by atomic mass is 9.97. The SMILES string of the molecule is CCOC(=O)C1CCN(c2cc(-c3nc(-c4cccc(C)c4)no3)c3ccccc3n2)CC1. The lowest BCUT2D eigenvalue weighted by Crippen LogP contribution is -2.37. The molecule has 4 aromatic rings. The number of ether oxygens (including phenoxy) is 1. The van der Waals surface area contributed by atoms with E-state index < -0.39 is 0 Å². The van der Waals surface area contributed by atoms with E-state index in [2.05, 4.69) is 10.1 Å². The number of benzene rings is 2. The number of rotatable bonds is 5. The van der Waals surface area contributed by atoms with Gasteiger partial charge in [-0.05, 0) is 44.9 Å². The van der Waals surface area contributed by atoms with Crippen molar-refractivity contribution in [2.24, 2.45) is 5.92 Å². The number of esters is 1. The van der Waals surface area contributed by atoms with Crippen molar-refractivity contribution in [3.63, 3.8) is 0 Å². The van der Waals surface area contributed by atoms with Crippen molar-refractivity contribution in [3.05, 3.63) is 60.2 Å². The monoisotopic (exact) mass is 442 g/mol. The molecular weight excluding hydrogens is 416 g/mol. The van der Waals surface area contributed by atoms with E-state index in [4.69, 9.17) is 19.2 Å². The van der Waals surface area contributed by atoms with Crippen LogP contribution in [0.2, 0.25) is 0 Å². The molecule has 0 unspecified atom stereocenters. The summed E-state index contributed by atoms with van der Waals surface area (Å²) in [6.07, 6.45) is 1.50. The Morgan fingerprint density at radius 3 is 2.70 bits per heavy atom. The number of hydrogen-bond acceptors (Lipinski definition) is 7. The number of anilines is 1. The normalized spacial score (nSPS) is 14.5. The second-order valence-electron chi connectivity index (χ2n) is 8.35. The minimum Gasteiger partial charge on any atom is -0.466 e. The highest BCUT2D eigenvalue weighted by atomic mass is 16.5. The molecule has 2 aromatic carbocycles. The summed E-state index contributed by atoms with van der Waals surface area (Å²) in [6, 6.07) is 18.0. The molecule has 0 amide bonds. The van der Waals surface area contributed by atoms with Gasteiger partial charge < -0.3 is 14.2 Å². The molecule has 168 valence electrons. The van der Waals surface area contributed by atoms with Crippen LogP contribution in [-0.2, 0) is 9.53 Å². The molecule has 0 saturated carbocycles. The minimum absolute atomic E-state index is 0.0473. The highest BCUT2D eigenvalue weighted by Crippen LogP contribution is 2.33. The molecule has 3 heterocycles. The summed E-state index contributed by atoms with van der Waals surface area (Å²) < 4.78 is 10.9. The van der Waals surface area contributed by atoms with Crippen molar-refractivity contribution in [2.75, 3.05) is 24.6 Å². The van der Waals surface area contributed by atoms with Crippen LogP contribution in [0.5, 0.6) is 0 Å². The van der Waals surface area contributed by atoms with Crippen LogP contribution in [0.3, 0.4) is 0 Å². The molecule has 0 spiro atoms. The van der Waals surface area contributed by atoms with E-state index in [9.17, 15) is 4.79 Å². The Morgan fingerprint density at radius 2 is 1.91 bits per heavy atom. The van der Waals surface area contributed by atoms with Crippen LogP contribution in [0.4, 0.5) is 5.82 Å². The van der Waals surface area contributed by atoms with Crippen molar-refractivity contribution < 1.29 is 14.1 Å². The molecule has 1 aliphatic rings. The summed E-state index contributed by atoms with van der Waals surface area (Å²) in [7, 11) is 0. The topological polar surface area (TPSA) is 81.4 Å². The van der Waals surface area contributed by atoms with Crippen molar-refractivity contribution in [3.8, 4) is 22.8 Å². The molecule has 5 rings (SSSR count). The third-order valence-electron chi connectivity index (χ3n) is 6.07. The average Bonchev–Trinajstić information content (AvgIpc) is 3.34. The van der Waals surface area contributed by atoms with Gasteiger partial charge in [-0.15, -0.1) is 0 Å². The summed E-state index contributed by atoms with van der Waals surface area (Å²) in [6.45, 7) is 5.79. The van der Waals surface area contributed by atoms with E-state index in [-0.39, 0.29) is 11.9 Å². The van der Waals surface area contributed by atoms with Crippen LogP contribution in [0.15, 0.2) is 59.1 Å². The average molecular weight is 443 g/mol. The number of pyridine rings is 1. The molecule has 0 bridgehead atoms. The maximum absolute atomic E-state index is 12.1. The van der Waals surface area contributed by atoms with Crippen LogP contribution in [0, 0.1) is 12.8 Å². The number of para-hydroxylation sites is 1. The molecule has 0 aliphatic carbocycles. The molecule has 1 aliphatic heterocycles. The fourth-order valence-electron chi connectivity index (χ4n) is 4.34. The Morgan fingerprint density at radius 1 is 1.09 bits per heavy atom. The molecule has 1 saturated heterocycles. The molecule has 7 nitrogen and oxygen atoms in total. The summed E-state index contributed by atoms with van der Waals surface area (Å²) in [5.74, 6) is 1.73. The third kappa shape index (κ3) is 4.31. The van der Waals surface area contributed by atoms with E-state index in [0.29, 0.717) is 18.3 Å². The number of nitrogens with zero attached hydrogens (tertiary/aromatic N) is 4. The molecule has 33 heavy (non-hydrogen) atoms. The van der Waals surface area contributed by atoms with E-state index in [0.717, 1.165) is 59.3 Å². The standard InChI is InChI=1S/C26H26N4O3/c1-3-32-26(31)18-11-13-30(14-12-18)23-16-21(20-9-4-5-10-22(20)27-23)25-28-24(29-33-25)19-8-6-7-17(2)15-19/h4-10,15-16,18H,3,11-14H2,1-2H3. The lowest BCUT2D eigenvalue weighted by molar-refractivity contribution is -0.148. The molecular formula is C26H26N4O3. The molecule has 0 N–H and O–H groups in total. The Kier molecular flexibility index (Phi) is 5.77. The smallest absolute Gasteiger partial charge is 0.309 e. The number of hydrogen-bond donors (Lipinski definition) is 0. The maximum atomic E-state index is 12.1. The summed E-state index contributed by atoms with van der Waals surface area (Å²) >= 11 is 0. The maximum Gasteiger partial charge on any atom is 0.309 e. The molecule has 0 radical (unpaired) electrons. The molecule has 2 aromatic heterocycles. The summed E-state index contributed by atoms with van der Waals surface area (Å²) in [5, 5.41) is 5.19. The van der Waals surface area contributed by atoms with Crippen molar-refractivity contribution in [2.45, 2.75) is 26.7 Å². The minimum atomic E-state index is -0.0983. The number of fused-ring (bicyclic) bond motifs is 1. The molecule has 1 fully saturated rings. The van der Waals surface area contributed by atoms with Gasteiger partial charge in [0, 0.05) is 24.0 Å². The first-order valence-corrected chi connectivity index (χ1v) is 11.3. The van der Waals surface area contributed by atoms with Gasteiger partial charge >= 0.3 is 5.97 Å². The number of aryl methyl sites for hydroxylation is 1. The van der Waals surface area contributed by atoms with E-state index in [1.165, 1.54) is 0 Å². The first-order chi connectivity index (χ1) is 16.1. The van der Waals surface area contributed by atoms with Crippen LogP contribution >= 0.6 is 0 Å². The first kappa shape index (κ1) is 21.1. The fraction of sp³-hybridized carbons (Fsp3) is 0.308. The van der Waals surface area contributed by atoms with Crippen LogP contribution in [-0.4, -0.2) is 40.8 Å². The number of aromatic nitrogens is 3. The Labute approximate surface area is 192 Å². The van der Waals surface area contributed by atoms with Crippen LogP contribution in [0.25, 0.3) is 33.7 Å². The zero-order chi connectivity index (χ0) is 22.8. The number of carbonyl (C=O) groups excluding carboxylic acids is 1. The Balaban J connectivity index is 1.47. The van der Waals surface area contributed by atoms with Crippen molar-refractivity contribution in [1.29, 1.82) is 0 Å². The second kappa shape index (κ2) is 9.02. The second-order valence-corrected chi connectivity index (χ2v) is 8.35. The van der Waals surface area contributed by atoms with E-state index >= 15 is 0 Å². The van der Waals surface area contributed by atoms with Gasteiger partial charge in [0.15, 0.2) is 0 Å². The van der Waals surface area contributed by atoms with Gasteiger partial charge in [-0.3, -0.25) is 4.79 Å².